The van der Waals surface area contributed by atoms with Gasteiger partial charge in [0.2, 0.25) is 5.91 Å². The van der Waals surface area contributed by atoms with E-state index in [9.17, 15) is 13.2 Å². The molecule has 3 aromatic rings. The zero-order chi connectivity index (χ0) is 19.6. The summed E-state index contributed by atoms with van der Waals surface area (Å²) in [7, 11) is -3.55. The molecule has 3 rings (SSSR count). The lowest BCUT2D eigenvalue weighted by Crippen LogP contribution is -2.22. The maximum atomic E-state index is 12.4. The second-order valence-electron chi connectivity index (χ2n) is 6.27. The summed E-state index contributed by atoms with van der Waals surface area (Å²) >= 11 is 6.17. The summed E-state index contributed by atoms with van der Waals surface area (Å²) in [5, 5.41) is 7.85. The molecule has 5 nitrogen and oxygen atoms in total. The van der Waals surface area contributed by atoms with Crippen molar-refractivity contribution in [2.24, 2.45) is 0 Å². The van der Waals surface area contributed by atoms with Crippen LogP contribution in [0.1, 0.15) is 5.56 Å². The third kappa shape index (κ3) is 4.23. The number of sulfone groups is 1. The van der Waals surface area contributed by atoms with Crippen molar-refractivity contribution in [3.63, 3.8) is 0 Å². The lowest BCUT2D eigenvalue weighted by Gasteiger charge is -2.14. The van der Waals surface area contributed by atoms with Crippen molar-refractivity contribution < 1.29 is 13.2 Å². The van der Waals surface area contributed by atoms with E-state index < -0.39 is 9.84 Å². The number of carbonyl (C=O) groups is 1. The number of benzene rings is 3. The average molecular weight is 403 g/mol. The normalized spacial score (nSPS) is 11.4. The van der Waals surface area contributed by atoms with Gasteiger partial charge in [-0.15, -0.1) is 0 Å². The van der Waals surface area contributed by atoms with Gasteiger partial charge in [-0.3, -0.25) is 4.79 Å². The first-order valence-corrected chi connectivity index (χ1v) is 10.5. The molecule has 27 heavy (non-hydrogen) atoms. The minimum atomic E-state index is -3.55. The highest BCUT2D eigenvalue weighted by molar-refractivity contribution is 7.91. The van der Waals surface area contributed by atoms with E-state index in [0.29, 0.717) is 16.9 Å². The number of anilines is 2. The van der Waals surface area contributed by atoms with Gasteiger partial charge in [-0.05, 0) is 30.0 Å². The van der Waals surface area contributed by atoms with Crippen molar-refractivity contribution in [1.29, 1.82) is 0 Å². The fourth-order valence-corrected chi connectivity index (χ4v) is 4.47. The van der Waals surface area contributed by atoms with Crippen molar-refractivity contribution in [2.45, 2.75) is 11.8 Å². The Labute approximate surface area is 163 Å². The van der Waals surface area contributed by atoms with E-state index in [1.807, 2.05) is 42.5 Å². The number of hydrogen-bond donors (Lipinski definition) is 2. The quantitative estimate of drug-likeness (QED) is 0.668. The van der Waals surface area contributed by atoms with Gasteiger partial charge in [-0.25, -0.2) is 8.42 Å². The SMILES string of the molecule is Cc1ccc(NCC(=O)Nc2cccc3ccccc23)c(S(C)(=O)=O)c1Cl. The van der Waals surface area contributed by atoms with Crippen LogP contribution in [0.4, 0.5) is 11.4 Å². The Balaban J connectivity index is 1.80. The minimum Gasteiger partial charge on any atom is -0.375 e. The molecule has 0 spiro atoms. The number of aryl methyl sites for hydroxylation is 1. The van der Waals surface area contributed by atoms with E-state index in [0.717, 1.165) is 17.0 Å². The van der Waals surface area contributed by atoms with E-state index in [2.05, 4.69) is 10.6 Å². The standard InChI is InChI=1S/C20H19ClN2O3S/c1-13-10-11-17(20(19(13)21)27(2,25)26)22-12-18(24)23-16-9-5-7-14-6-3-4-8-15(14)16/h3-11,22H,12H2,1-2H3,(H,23,24). The Morgan fingerprint density at radius 2 is 1.70 bits per heavy atom. The molecule has 0 aliphatic rings. The summed E-state index contributed by atoms with van der Waals surface area (Å²) in [6.07, 6.45) is 1.09. The summed E-state index contributed by atoms with van der Waals surface area (Å²) in [5.74, 6) is -0.289. The van der Waals surface area contributed by atoms with Gasteiger partial charge in [0.05, 0.1) is 17.3 Å². The van der Waals surface area contributed by atoms with E-state index in [1.165, 1.54) is 0 Å². The Bertz CT molecular complexity index is 1120. The first-order chi connectivity index (χ1) is 12.8. The van der Waals surface area contributed by atoms with Crippen LogP contribution in [0.15, 0.2) is 59.5 Å². The maximum absolute atomic E-state index is 12.4. The molecule has 0 aliphatic carbocycles. The predicted octanol–water partition coefficient (Wildman–Crippen LogP) is 4.26. The molecule has 0 aliphatic heterocycles. The van der Waals surface area contributed by atoms with Crippen molar-refractivity contribution in [3.05, 3.63) is 65.2 Å². The third-order valence-electron chi connectivity index (χ3n) is 4.16. The van der Waals surface area contributed by atoms with Crippen molar-refractivity contribution in [1.82, 2.24) is 0 Å². The first-order valence-electron chi connectivity index (χ1n) is 8.28. The number of hydrogen-bond acceptors (Lipinski definition) is 4. The highest BCUT2D eigenvalue weighted by atomic mass is 35.5. The molecule has 2 N–H and O–H groups in total. The Hall–Kier alpha value is -2.57. The number of amides is 1. The lowest BCUT2D eigenvalue weighted by atomic mass is 10.1. The van der Waals surface area contributed by atoms with Crippen LogP contribution >= 0.6 is 11.6 Å². The molecule has 0 unspecified atom stereocenters. The largest absolute Gasteiger partial charge is 0.375 e. The third-order valence-corrected chi connectivity index (χ3v) is 5.93. The van der Waals surface area contributed by atoms with E-state index in [1.54, 1.807) is 19.1 Å². The number of nitrogens with one attached hydrogen (secondary N) is 2. The number of carbonyl (C=O) groups excluding carboxylic acids is 1. The molecule has 0 atom stereocenters. The van der Waals surface area contributed by atoms with Gasteiger partial charge in [-0.1, -0.05) is 54.1 Å². The van der Waals surface area contributed by atoms with Gasteiger partial charge < -0.3 is 10.6 Å². The first kappa shape index (κ1) is 19.2. The molecule has 3 aromatic carbocycles. The summed E-state index contributed by atoms with van der Waals surface area (Å²) in [5.41, 5.74) is 1.66. The molecule has 7 heteroatoms. The monoisotopic (exact) mass is 402 g/mol. The van der Waals surface area contributed by atoms with Crippen LogP contribution in [0, 0.1) is 6.92 Å². The highest BCUT2D eigenvalue weighted by Gasteiger charge is 2.19. The van der Waals surface area contributed by atoms with Crippen LogP contribution in [0.2, 0.25) is 5.02 Å². The van der Waals surface area contributed by atoms with Crippen LogP contribution in [0.25, 0.3) is 10.8 Å². The molecule has 0 saturated carbocycles. The molecule has 1 amide bonds. The van der Waals surface area contributed by atoms with Gasteiger partial charge in [0.25, 0.3) is 0 Å². The zero-order valence-electron chi connectivity index (χ0n) is 14.9. The number of rotatable bonds is 5. The fraction of sp³-hybridized carbons (Fsp3) is 0.150. The Morgan fingerprint density at radius 1 is 1.00 bits per heavy atom. The Kier molecular flexibility index (Phi) is 5.39. The highest BCUT2D eigenvalue weighted by Crippen LogP contribution is 2.32. The van der Waals surface area contributed by atoms with Crippen molar-refractivity contribution in [3.8, 4) is 0 Å². The second-order valence-corrected chi connectivity index (χ2v) is 8.60. The molecule has 0 fully saturated rings. The molecule has 0 heterocycles. The molecule has 0 saturated heterocycles. The lowest BCUT2D eigenvalue weighted by molar-refractivity contribution is -0.114. The topological polar surface area (TPSA) is 75.3 Å². The summed E-state index contributed by atoms with van der Waals surface area (Å²) in [4.78, 5) is 12.4. The second kappa shape index (κ2) is 7.58. The predicted molar refractivity (Wildman–Crippen MR) is 110 cm³/mol. The van der Waals surface area contributed by atoms with Gasteiger partial charge >= 0.3 is 0 Å². The maximum Gasteiger partial charge on any atom is 0.243 e. The molecule has 0 bridgehead atoms. The van der Waals surface area contributed by atoms with Gasteiger partial charge in [0.1, 0.15) is 4.90 Å². The van der Waals surface area contributed by atoms with Crippen LogP contribution < -0.4 is 10.6 Å². The van der Waals surface area contributed by atoms with E-state index in [4.69, 9.17) is 11.6 Å². The smallest absolute Gasteiger partial charge is 0.243 e. The van der Waals surface area contributed by atoms with Gasteiger partial charge in [0.15, 0.2) is 9.84 Å². The average Bonchev–Trinajstić information content (AvgIpc) is 2.62. The van der Waals surface area contributed by atoms with Crippen LogP contribution in [-0.4, -0.2) is 27.1 Å². The van der Waals surface area contributed by atoms with Crippen molar-refractivity contribution in [2.75, 3.05) is 23.4 Å². The Morgan fingerprint density at radius 3 is 2.44 bits per heavy atom. The van der Waals surface area contributed by atoms with E-state index >= 15 is 0 Å². The molecular formula is C20H19ClN2O3S. The molecular weight excluding hydrogens is 384 g/mol. The van der Waals surface area contributed by atoms with Gasteiger partial charge in [-0.2, -0.15) is 0 Å². The van der Waals surface area contributed by atoms with Crippen LogP contribution in [0.3, 0.4) is 0 Å². The van der Waals surface area contributed by atoms with Gasteiger partial charge in [0, 0.05) is 17.3 Å². The number of halogens is 1. The molecule has 0 radical (unpaired) electrons. The van der Waals surface area contributed by atoms with Crippen LogP contribution in [-0.2, 0) is 14.6 Å². The fourth-order valence-electron chi connectivity index (χ4n) is 2.86. The molecule has 0 aromatic heterocycles. The minimum absolute atomic E-state index is 0.00197. The summed E-state index contributed by atoms with van der Waals surface area (Å²) in [6, 6.07) is 16.7. The van der Waals surface area contributed by atoms with E-state index in [-0.39, 0.29) is 22.4 Å². The number of fused-ring (bicyclic) bond motifs is 1. The van der Waals surface area contributed by atoms with Crippen LogP contribution in [0.5, 0.6) is 0 Å². The zero-order valence-corrected chi connectivity index (χ0v) is 16.5. The molecule has 140 valence electrons. The van der Waals surface area contributed by atoms with Crippen molar-refractivity contribution >= 4 is 49.5 Å². The summed E-state index contributed by atoms with van der Waals surface area (Å²) in [6.45, 7) is 1.64. The summed E-state index contributed by atoms with van der Waals surface area (Å²) < 4.78 is 24.2.